The van der Waals surface area contributed by atoms with Crippen LogP contribution in [0.5, 0.6) is 0 Å². The first-order valence-electron chi connectivity index (χ1n) is 6.38. The normalized spacial score (nSPS) is 14.4. The highest BCUT2D eigenvalue weighted by molar-refractivity contribution is 5.81. The summed E-state index contributed by atoms with van der Waals surface area (Å²) in [4.78, 5) is 11.4. The largest absolute Gasteiger partial charge is 0.389 e. The summed E-state index contributed by atoms with van der Waals surface area (Å²) in [6, 6.07) is -0.291. The van der Waals surface area contributed by atoms with Gasteiger partial charge in [0.05, 0.1) is 18.8 Å². The number of aliphatic hydroxyl groups excluding tert-OH is 1. The minimum absolute atomic E-state index is 0.0494. The van der Waals surface area contributed by atoms with E-state index in [2.05, 4.69) is 17.6 Å². The molecule has 0 heterocycles. The molecule has 0 saturated carbocycles. The van der Waals surface area contributed by atoms with Gasteiger partial charge in [-0.25, -0.2) is 0 Å². The van der Waals surface area contributed by atoms with Gasteiger partial charge in [-0.15, -0.1) is 0 Å². The van der Waals surface area contributed by atoms with Gasteiger partial charge >= 0.3 is 0 Å². The lowest BCUT2D eigenvalue weighted by molar-refractivity contribution is -0.122. The zero-order valence-corrected chi connectivity index (χ0v) is 11.2. The minimum Gasteiger partial charge on any atom is -0.389 e. The van der Waals surface area contributed by atoms with E-state index in [1.807, 2.05) is 6.92 Å². The van der Waals surface area contributed by atoms with Crippen molar-refractivity contribution in [3.8, 4) is 0 Å². The molecule has 2 unspecified atom stereocenters. The number of amides is 1. The molecule has 5 heteroatoms. The predicted molar refractivity (Wildman–Crippen MR) is 67.9 cm³/mol. The third-order valence-electron chi connectivity index (χ3n) is 2.36. The second kappa shape index (κ2) is 10.5. The summed E-state index contributed by atoms with van der Waals surface area (Å²) in [7, 11) is 0. The Bertz CT molecular complexity index is 200. The molecule has 17 heavy (non-hydrogen) atoms. The van der Waals surface area contributed by atoms with Crippen molar-refractivity contribution in [3.63, 3.8) is 0 Å². The third kappa shape index (κ3) is 9.09. The van der Waals surface area contributed by atoms with E-state index in [4.69, 9.17) is 4.74 Å². The number of unbranched alkanes of at least 4 members (excludes halogenated alkanes) is 1. The molecule has 0 saturated heterocycles. The van der Waals surface area contributed by atoms with Crippen molar-refractivity contribution in [2.75, 3.05) is 26.3 Å². The van der Waals surface area contributed by atoms with Gasteiger partial charge in [0, 0.05) is 19.7 Å². The number of rotatable bonds is 10. The number of hydrogen-bond donors (Lipinski definition) is 3. The van der Waals surface area contributed by atoms with E-state index < -0.39 is 6.10 Å². The second-order valence-electron chi connectivity index (χ2n) is 4.11. The third-order valence-corrected chi connectivity index (χ3v) is 2.36. The lowest BCUT2D eigenvalue weighted by Gasteiger charge is -2.16. The fourth-order valence-electron chi connectivity index (χ4n) is 1.26. The molecule has 0 aliphatic rings. The topological polar surface area (TPSA) is 70.6 Å². The Balaban J connectivity index is 3.54. The minimum atomic E-state index is -0.566. The van der Waals surface area contributed by atoms with E-state index in [1.165, 1.54) is 0 Å². The summed E-state index contributed by atoms with van der Waals surface area (Å²) in [5, 5.41) is 15.3. The maximum absolute atomic E-state index is 11.4. The van der Waals surface area contributed by atoms with Gasteiger partial charge in [0.25, 0.3) is 0 Å². The van der Waals surface area contributed by atoms with Gasteiger partial charge in [-0.05, 0) is 20.3 Å². The summed E-state index contributed by atoms with van der Waals surface area (Å²) in [6.45, 7) is 7.72. The maximum Gasteiger partial charge on any atom is 0.236 e. The number of hydrogen-bond acceptors (Lipinski definition) is 4. The molecule has 0 aliphatic heterocycles. The number of carbonyl (C=O) groups excluding carboxylic acids is 1. The Morgan fingerprint density at radius 2 is 2.12 bits per heavy atom. The molecule has 102 valence electrons. The molecular weight excluding hydrogens is 220 g/mol. The number of carbonyl (C=O) groups is 1. The Hall–Kier alpha value is -0.650. The number of aliphatic hydroxyl groups is 1. The summed E-state index contributed by atoms with van der Waals surface area (Å²) in [5.41, 5.74) is 0. The van der Waals surface area contributed by atoms with Gasteiger partial charge in [0.15, 0.2) is 0 Å². The fourth-order valence-corrected chi connectivity index (χ4v) is 1.26. The van der Waals surface area contributed by atoms with Crippen LogP contribution >= 0.6 is 0 Å². The van der Waals surface area contributed by atoms with Crippen molar-refractivity contribution in [1.82, 2.24) is 10.6 Å². The summed E-state index contributed by atoms with van der Waals surface area (Å²) in [5.74, 6) is -0.0494. The highest BCUT2D eigenvalue weighted by atomic mass is 16.5. The van der Waals surface area contributed by atoms with Crippen LogP contribution in [0.3, 0.4) is 0 Å². The first-order chi connectivity index (χ1) is 8.11. The molecule has 0 radical (unpaired) electrons. The smallest absolute Gasteiger partial charge is 0.236 e. The maximum atomic E-state index is 11.4. The molecule has 0 aromatic heterocycles. The highest BCUT2D eigenvalue weighted by Crippen LogP contribution is 1.91. The molecule has 0 aromatic rings. The number of ether oxygens (including phenoxy) is 1. The predicted octanol–water partition coefficient (Wildman–Crippen LogP) is 0.278. The Kier molecular flexibility index (Phi) is 10.1. The molecule has 0 spiro atoms. The van der Waals surface area contributed by atoms with Crippen molar-refractivity contribution in [1.29, 1.82) is 0 Å². The van der Waals surface area contributed by atoms with Gasteiger partial charge in [-0.1, -0.05) is 13.3 Å². The van der Waals surface area contributed by atoms with E-state index in [0.29, 0.717) is 26.3 Å². The Labute approximate surface area is 104 Å². The van der Waals surface area contributed by atoms with Gasteiger partial charge in [-0.3, -0.25) is 4.79 Å². The van der Waals surface area contributed by atoms with Crippen LogP contribution in [0, 0.1) is 0 Å². The van der Waals surface area contributed by atoms with Gasteiger partial charge < -0.3 is 20.5 Å². The standard InChI is InChI=1S/C12H26N2O3/c1-4-6-7-17-9-11(15)8-14-10(3)12(16)13-5-2/h10-11,14-15H,4-9H2,1-3H3,(H,13,16). The molecule has 1 amide bonds. The van der Waals surface area contributed by atoms with Crippen LogP contribution in [0.2, 0.25) is 0 Å². The Morgan fingerprint density at radius 1 is 1.41 bits per heavy atom. The number of likely N-dealkylation sites (N-methyl/N-ethyl adjacent to an activating group) is 1. The van der Waals surface area contributed by atoms with E-state index in [-0.39, 0.29) is 11.9 Å². The Morgan fingerprint density at radius 3 is 2.71 bits per heavy atom. The van der Waals surface area contributed by atoms with E-state index >= 15 is 0 Å². The monoisotopic (exact) mass is 246 g/mol. The molecule has 0 aromatic carbocycles. The van der Waals surface area contributed by atoms with Gasteiger partial charge in [0.2, 0.25) is 5.91 Å². The molecule has 3 N–H and O–H groups in total. The van der Waals surface area contributed by atoms with Crippen LogP contribution in [0.1, 0.15) is 33.6 Å². The second-order valence-corrected chi connectivity index (χ2v) is 4.11. The van der Waals surface area contributed by atoms with Crippen molar-refractivity contribution in [2.24, 2.45) is 0 Å². The summed E-state index contributed by atoms with van der Waals surface area (Å²) in [6.07, 6.45) is 1.53. The van der Waals surface area contributed by atoms with Crippen LogP contribution in [-0.4, -0.2) is 49.5 Å². The molecule has 0 fully saturated rings. The lowest BCUT2D eigenvalue weighted by atomic mass is 10.3. The fraction of sp³-hybridized carbons (Fsp3) is 0.917. The first-order valence-corrected chi connectivity index (χ1v) is 6.38. The van der Waals surface area contributed by atoms with Crippen LogP contribution in [0.25, 0.3) is 0 Å². The zero-order valence-electron chi connectivity index (χ0n) is 11.2. The average molecular weight is 246 g/mol. The van der Waals surface area contributed by atoms with E-state index in [0.717, 1.165) is 12.8 Å². The molecular formula is C12H26N2O3. The molecule has 2 atom stereocenters. The lowest BCUT2D eigenvalue weighted by Crippen LogP contribution is -2.45. The molecule has 5 nitrogen and oxygen atoms in total. The molecule has 0 bridgehead atoms. The number of nitrogens with one attached hydrogen (secondary N) is 2. The zero-order chi connectivity index (χ0) is 13.1. The van der Waals surface area contributed by atoms with Crippen molar-refractivity contribution in [2.45, 2.75) is 45.8 Å². The van der Waals surface area contributed by atoms with Crippen LogP contribution in [-0.2, 0) is 9.53 Å². The van der Waals surface area contributed by atoms with Gasteiger partial charge in [-0.2, -0.15) is 0 Å². The van der Waals surface area contributed by atoms with Crippen molar-refractivity contribution in [3.05, 3.63) is 0 Å². The first kappa shape index (κ1) is 16.4. The average Bonchev–Trinajstić information content (AvgIpc) is 2.32. The van der Waals surface area contributed by atoms with Crippen molar-refractivity contribution >= 4 is 5.91 Å². The summed E-state index contributed by atoms with van der Waals surface area (Å²) >= 11 is 0. The SMILES string of the molecule is CCCCOCC(O)CNC(C)C(=O)NCC. The molecule has 0 aliphatic carbocycles. The molecule has 0 rings (SSSR count). The van der Waals surface area contributed by atoms with Crippen LogP contribution in [0.15, 0.2) is 0 Å². The highest BCUT2D eigenvalue weighted by Gasteiger charge is 2.12. The van der Waals surface area contributed by atoms with E-state index in [9.17, 15) is 9.90 Å². The van der Waals surface area contributed by atoms with Crippen LogP contribution < -0.4 is 10.6 Å². The van der Waals surface area contributed by atoms with Gasteiger partial charge in [0.1, 0.15) is 0 Å². The summed E-state index contributed by atoms with van der Waals surface area (Å²) < 4.78 is 5.29. The van der Waals surface area contributed by atoms with Crippen molar-refractivity contribution < 1.29 is 14.6 Å². The van der Waals surface area contributed by atoms with E-state index in [1.54, 1.807) is 6.92 Å². The quantitative estimate of drug-likeness (QED) is 0.484. The van der Waals surface area contributed by atoms with Crippen LogP contribution in [0.4, 0.5) is 0 Å².